The van der Waals surface area contributed by atoms with E-state index in [0.717, 1.165) is 36.8 Å². The number of hydrogen-bond donors (Lipinski definition) is 1. The van der Waals surface area contributed by atoms with Crippen LogP contribution in [0.1, 0.15) is 50.7 Å². The highest BCUT2D eigenvalue weighted by Crippen LogP contribution is 2.40. The van der Waals surface area contributed by atoms with E-state index in [2.05, 4.69) is 4.98 Å². The van der Waals surface area contributed by atoms with E-state index in [-0.39, 0.29) is 41.7 Å². The Balaban J connectivity index is 0.00000196. The number of benzene rings is 3. The number of pyridine rings is 1. The Morgan fingerprint density at radius 1 is 0.844 bits per heavy atom. The fourth-order valence-electron chi connectivity index (χ4n) is 5.89. The van der Waals surface area contributed by atoms with Crippen LogP contribution in [0.2, 0.25) is 0 Å². The summed E-state index contributed by atoms with van der Waals surface area (Å²) in [6.45, 7) is 6.47. The largest absolute Gasteiger partial charge is 0.473 e. The smallest absolute Gasteiger partial charge is 0.225 e. The summed E-state index contributed by atoms with van der Waals surface area (Å²) in [5, 5.41) is 9.43. The Hall–Kier alpha value is -4.01. The van der Waals surface area contributed by atoms with E-state index in [1.807, 2.05) is 79.4 Å². The van der Waals surface area contributed by atoms with Gasteiger partial charge in [0.1, 0.15) is 24.8 Å². The molecule has 0 saturated carbocycles. The molecule has 1 aromatic heterocycles. The lowest BCUT2D eigenvalue weighted by atomic mass is 9.82. The normalized spacial score (nSPS) is 17.4. The van der Waals surface area contributed by atoms with Gasteiger partial charge in [-0.25, -0.2) is 8.78 Å². The molecule has 0 amide bonds. The van der Waals surface area contributed by atoms with Gasteiger partial charge in [0, 0.05) is 37.4 Å². The Kier molecular flexibility index (Phi) is 11.0. The van der Waals surface area contributed by atoms with Crippen molar-refractivity contribution in [2.24, 2.45) is 5.92 Å². The molecule has 2 aliphatic rings. The van der Waals surface area contributed by atoms with Gasteiger partial charge in [-0.05, 0) is 55.0 Å². The molecule has 0 aliphatic carbocycles. The average molecular weight is 617 g/mol. The molecule has 45 heavy (non-hydrogen) atoms. The zero-order chi connectivity index (χ0) is 31.6. The molecule has 1 atom stereocenters. The van der Waals surface area contributed by atoms with Crippen LogP contribution in [0.25, 0.3) is 11.1 Å². The summed E-state index contributed by atoms with van der Waals surface area (Å²) in [5.41, 5.74) is 2.20. The van der Waals surface area contributed by atoms with E-state index in [0.29, 0.717) is 37.9 Å². The molecule has 3 aromatic carbocycles. The first-order valence-corrected chi connectivity index (χ1v) is 15.9. The van der Waals surface area contributed by atoms with Crippen LogP contribution in [0.3, 0.4) is 0 Å². The zero-order valence-corrected chi connectivity index (χ0v) is 26.1. The van der Waals surface area contributed by atoms with Crippen LogP contribution in [0.5, 0.6) is 11.8 Å². The minimum Gasteiger partial charge on any atom is -0.473 e. The van der Waals surface area contributed by atoms with E-state index < -0.39 is 11.6 Å². The second kappa shape index (κ2) is 15.3. The van der Waals surface area contributed by atoms with Crippen molar-refractivity contribution in [3.63, 3.8) is 0 Å². The predicted molar refractivity (Wildman–Crippen MR) is 172 cm³/mol. The maximum absolute atomic E-state index is 15.8. The summed E-state index contributed by atoms with van der Waals surface area (Å²) in [6.07, 6.45) is 3.40. The molecule has 1 N–H and O–H groups in total. The maximum atomic E-state index is 15.8. The Morgan fingerprint density at radius 2 is 1.44 bits per heavy atom. The summed E-state index contributed by atoms with van der Waals surface area (Å²) >= 11 is 0. The second-order valence-corrected chi connectivity index (χ2v) is 11.4. The van der Waals surface area contributed by atoms with Crippen molar-refractivity contribution >= 4 is 5.69 Å². The van der Waals surface area contributed by atoms with Crippen LogP contribution in [0.15, 0.2) is 84.9 Å². The van der Waals surface area contributed by atoms with Crippen LogP contribution >= 0.6 is 0 Å². The van der Waals surface area contributed by atoms with Gasteiger partial charge in [0.05, 0.1) is 23.3 Å². The molecule has 1 spiro atoms. The molecule has 0 bridgehead atoms. The van der Waals surface area contributed by atoms with E-state index in [4.69, 9.17) is 14.2 Å². The number of nitrogens with zero attached hydrogens (tertiary/aromatic N) is 2. The summed E-state index contributed by atoms with van der Waals surface area (Å²) in [5.74, 6) is -0.778. The number of piperidine rings is 1. The Bertz CT molecular complexity index is 1480. The van der Waals surface area contributed by atoms with Gasteiger partial charge < -0.3 is 24.2 Å². The van der Waals surface area contributed by atoms with Gasteiger partial charge in [0.2, 0.25) is 11.8 Å². The Morgan fingerprint density at radius 3 is 2.00 bits per heavy atom. The lowest BCUT2D eigenvalue weighted by Gasteiger charge is -2.46. The molecule has 0 radical (unpaired) electrons. The van der Waals surface area contributed by atoms with Crippen molar-refractivity contribution in [3.8, 4) is 22.9 Å². The van der Waals surface area contributed by atoms with Crippen molar-refractivity contribution in [1.29, 1.82) is 0 Å². The molecule has 6 nitrogen and oxygen atoms in total. The van der Waals surface area contributed by atoms with Crippen molar-refractivity contribution in [2.75, 3.05) is 31.2 Å². The van der Waals surface area contributed by atoms with Crippen LogP contribution in [0.4, 0.5) is 14.5 Å². The van der Waals surface area contributed by atoms with Gasteiger partial charge in [-0.15, -0.1) is 0 Å². The molecular formula is C37H42F2N2O4. The fraction of sp³-hybridized carbons (Fsp3) is 0.378. The zero-order valence-electron chi connectivity index (χ0n) is 26.1. The maximum Gasteiger partial charge on any atom is 0.225 e. The number of aromatic nitrogens is 1. The molecule has 1 unspecified atom stereocenters. The first-order valence-electron chi connectivity index (χ1n) is 15.9. The van der Waals surface area contributed by atoms with E-state index in [9.17, 15) is 5.11 Å². The van der Waals surface area contributed by atoms with Crippen molar-refractivity contribution < 1.29 is 28.1 Å². The quantitative estimate of drug-likeness (QED) is 0.206. The minimum atomic E-state index is -0.681. The highest BCUT2D eigenvalue weighted by Gasteiger charge is 2.39. The summed E-state index contributed by atoms with van der Waals surface area (Å²) < 4.78 is 49.6. The molecule has 2 aliphatic heterocycles. The van der Waals surface area contributed by atoms with Crippen LogP contribution in [-0.2, 0) is 18.0 Å². The van der Waals surface area contributed by atoms with Crippen molar-refractivity contribution in [1.82, 2.24) is 4.98 Å². The molecule has 6 rings (SSSR count). The third kappa shape index (κ3) is 7.99. The van der Waals surface area contributed by atoms with Crippen molar-refractivity contribution in [3.05, 3.63) is 108 Å². The molecule has 238 valence electrons. The number of halogens is 2. The van der Waals surface area contributed by atoms with Gasteiger partial charge in [-0.2, -0.15) is 4.98 Å². The van der Waals surface area contributed by atoms with E-state index >= 15 is 8.78 Å². The van der Waals surface area contributed by atoms with E-state index in [1.165, 1.54) is 12.1 Å². The highest BCUT2D eigenvalue weighted by molar-refractivity contribution is 5.72. The lowest BCUT2D eigenvalue weighted by Crippen LogP contribution is -2.49. The molecule has 4 aromatic rings. The number of aliphatic hydroxyl groups excluding tert-OH is 1. The van der Waals surface area contributed by atoms with Crippen LogP contribution in [-0.4, -0.2) is 42.0 Å². The van der Waals surface area contributed by atoms with Crippen LogP contribution in [0, 0.1) is 17.6 Å². The number of hydrogen-bond acceptors (Lipinski definition) is 6. The number of anilines is 1. The van der Waals surface area contributed by atoms with E-state index in [1.54, 1.807) is 12.1 Å². The topological polar surface area (TPSA) is 64.1 Å². The minimum absolute atomic E-state index is 0.0931. The first kappa shape index (κ1) is 32.4. The number of aliphatic hydroxyl groups is 1. The average Bonchev–Trinajstić information content (AvgIpc) is 3.09. The van der Waals surface area contributed by atoms with Crippen molar-refractivity contribution in [2.45, 2.75) is 58.3 Å². The SMILES string of the molecule is CC.OCC1CCC2(CCN(c3cc(F)c(-c4ccc(OCc5ccccc5)nc4OCc4ccccc4)c(F)c3)CC2)OC1. The Labute approximate surface area is 264 Å². The molecular weight excluding hydrogens is 574 g/mol. The van der Waals surface area contributed by atoms with Crippen LogP contribution < -0.4 is 14.4 Å². The molecule has 2 fully saturated rings. The summed E-state index contributed by atoms with van der Waals surface area (Å²) in [4.78, 5) is 6.52. The highest BCUT2D eigenvalue weighted by atomic mass is 19.1. The third-order valence-electron chi connectivity index (χ3n) is 8.51. The number of rotatable bonds is 9. The molecule has 3 heterocycles. The van der Waals surface area contributed by atoms with Gasteiger partial charge in [0.15, 0.2) is 0 Å². The second-order valence-electron chi connectivity index (χ2n) is 11.4. The lowest BCUT2D eigenvalue weighted by molar-refractivity contribution is -0.119. The van der Waals surface area contributed by atoms with Gasteiger partial charge >= 0.3 is 0 Å². The van der Waals surface area contributed by atoms with Gasteiger partial charge in [-0.1, -0.05) is 74.5 Å². The number of ether oxygens (including phenoxy) is 3. The molecule has 2 saturated heterocycles. The summed E-state index contributed by atoms with van der Waals surface area (Å²) in [7, 11) is 0. The standard InChI is InChI=1S/C35H36F2N2O4.C2H6/c36-30-19-28(39-17-15-35(16-18-39)14-13-27(21-40)24-43-35)20-31(37)33(30)29-11-12-32(41-22-25-7-3-1-4-8-25)38-34(29)42-23-26-9-5-2-6-10-26;1-2/h1-12,19-20,27,40H,13-18,21-24H2;1-2H3. The predicted octanol–water partition coefficient (Wildman–Crippen LogP) is 7.97. The fourth-order valence-corrected chi connectivity index (χ4v) is 5.89. The monoisotopic (exact) mass is 616 g/mol. The van der Waals surface area contributed by atoms with Gasteiger partial charge in [-0.3, -0.25) is 0 Å². The first-order chi connectivity index (χ1) is 22.0. The van der Waals surface area contributed by atoms with Gasteiger partial charge in [0.25, 0.3) is 0 Å². The molecule has 8 heteroatoms. The summed E-state index contributed by atoms with van der Waals surface area (Å²) in [6, 6.07) is 25.2. The third-order valence-corrected chi connectivity index (χ3v) is 8.51.